The molecular formula is C62H96O2S2. The average molecular weight is 938 g/mol. The van der Waals surface area contributed by atoms with Crippen LogP contribution in [0.15, 0.2) is 12.1 Å². The van der Waals surface area contributed by atoms with Gasteiger partial charge >= 0.3 is 0 Å². The van der Waals surface area contributed by atoms with Crippen LogP contribution in [-0.4, -0.2) is 11.6 Å². The summed E-state index contributed by atoms with van der Waals surface area (Å²) in [5, 5.41) is 2.64. The van der Waals surface area contributed by atoms with Crippen molar-refractivity contribution in [1.82, 2.24) is 0 Å². The van der Waals surface area contributed by atoms with Gasteiger partial charge < -0.3 is 0 Å². The summed E-state index contributed by atoms with van der Waals surface area (Å²) in [6, 6.07) is 5.01. The molecule has 2 aromatic heterocycles. The van der Waals surface area contributed by atoms with Gasteiger partial charge in [0.25, 0.3) is 0 Å². The summed E-state index contributed by atoms with van der Waals surface area (Å²) in [6.45, 7) is 13.8. The van der Waals surface area contributed by atoms with Crippen LogP contribution in [0.25, 0.3) is 20.2 Å². The topological polar surface area (TPSA) is 34.1 Å². The van der Waals surface area contributed by atoms with Crippen molar-refractivity contribution in [3.63, 3.8) is 0 Å². The second-order valence-electron chi connectivity index (χ2n) is 20.7. The lowest BCUT2D eigenvalue weighted by Gasteiger charge is -2.28. The summed E-state index contributed by atoms with van der Waals surface area (Å²) >= 11 is 3.96. The minimum Gasteiger partial charge on any atom is -0.289 e. The van der Waals surface area contributed by atoms with Gasteiger partial charge in [0.15, 0.2) is 11.6 Å². The Morgan fingerprint density at radius 2 is 0.515 bits per heavy atom. The molecule has 0 N–H and O–H groups in total. The van der Waals surface area contributed by atoms with Gasteiger partial charge in [0.05, 0.1) is 0 Å². The number of fused-ring (bicyclic) bond motifs is 4. The predicted molar refractivity (Wildman–Crippen MR) is 295 cm³/mol. The number of aryl methyl sites for hydroxylation is 6. The molecule has 0 amide bonds. The van der Waals surface area contributed by atoms with Gasteiger partial charge in [0.2, 0.25) is 0 Å². The Hall–Kier alpha value is -2.30. The van der Waals surface area contributed by atoms with Crippen molar-refractivity contribution in [3.05, 3.63) is 66.4 Å². The molecule has 2 aromatic carbocycles. The molecule has 4 heteroatoms. The van der Waals surface area contributed by atoms with Gasteiger partial charge in [-0.25, -0.2) is 0 Å². The number of thiophene rings is 2. The molecular weight excluding hydrogens is 841 g/mol. The van der Waals surface area contributed by atoms with Crippen LogP contribution in [0, 0.1) is 0 Å². The van der Waals surface area contributed by atoms with Crippen LogP contribution in [0.3, 0.4) is 0 Å². The molecule has 0 spiro atoms. The lowest BCUT2D eigenvalue weighted by molar-refractivity contribution is 0.0976. The van der Waals surface area contributed by atoms with Crippen molar-refractivity contribution in [3.8, 4) is 0 Å². The van der Waals surface area contributed by atoms with Gasteiger partial charge in [0, 0.05) is 41.4 Å². The molecule has 0 fully saturated rings. The molecule has 368 valence electrons. The summed E-state index contributed by atoms with van der Waals surface area (Å²) < 4.78 is 2.68. The van der Waals surface area contributed by atoms with E-state index in [9.17, 15) is 0 Å². The second kappa shape index (κ2) is 31.0. The van der Waals surface area contributed by atoms with Gasteiger partial charge in [0.1, 0.15) is 0 Å². The van der Waals surface area contributed by atoms with Crippen LogP contribution in [0.1, 0.15) is 311 Å². The normalized spacial score (nSPS) is 12.6. The maximum atomic E-state index is 16.3. The summed E-state index contributed by atoms with van der Waals surface area (Å²) in [6.07, 6.45) is 45.2. The molecule has 0 saturated heterocycles. The first-order chi connectivity index (χ1) is 32.4. The molecule has 0 unspecified atom stereocenters. The molecule has 0 bridgehead atoms. The van der Waals surface area contributed by atoms with Crippen molar-refractivity contribution in [2.45, 2.75) is 286 Å². The smallest absolute Gasteiger partial charge is 0.195 e. The third kappa shape index (κ3) is 15.3. The highest BCUT2D eigenvalue weighted by atomic mass is 32.1. The van der Waals surface area contributed by atoms with E-state index < -0.39 is 0 Å². The number of rotatable bonds is 38. The first-order valence-corrected chi connectivity index (χ1v) is 30.4. The predicted octanol–water partition coefficient (Wildman–Crippen LogP) is 20.7. The number of hydrogen-bond acceptors (Lipinski definition) is 4. The van der Waals surface area contributed by atoms with Crippen LogP contribution >= 0.6 is 22.7 Å². The molecule has 4 aromatic rings. The number of carbonyl (C=O) groups excluding carboxylic acids is 2. The second-order valence-corrected chi connectivity index (χ2v) is 22.9. The van der Waals surface area contributed by atoms with E-state index in [2.05, 4.69) is 53.7 Å². The molecule has 0 radical (unpaired) electrons. The van der Waals surface area contributed by atoms with E-state index in [1.807, 2.05) is 22.7 Å². The Morgan fingerprint density at radius 3 is 0.818 bits per heavy atom. The summed E-state index contributed by atoms with van der Waals surface area (Å²) in [5.74, 6) is 0.402. The minimum absolute atomic E-state index is 0.201. The lowest BCUT2D eigenvalue weighted by atomic mass is 9.72. The maximum absolute atomic E-state index is 16.3. The lowest BCUT2D eigenvalue weighted by Crippen LogP contribution is -2.28. The van der Waals surface area contributed by atoms with Crippen LogP contribution in [0.5, 0.6) is 0 Å². The Morgan fingerprint density at radius 1 is 0.288 bits per heavy atom. The molecule has 5 rings (SSSR count). The highest BCUT2D eigenvalue weighted by Crippen LogP contribution is 2.47. The van der Waals surface area contributed by atoms with Gasteiger partial charge in [-0.3, -0.25) is 9.59 Å². The molecule has 0 saturated carbocycles. The van der Waals surface area contributed by atoms with Crippen molar-refractivity contribution in [2.75, 3.05) is 0 Å². The zero-order chi connectivity index (χ0) is 46.9. The Labute approximate surface area is 413 Å². The third-order valence-electron chi connectivity index (χ3n) is 15.1. The maximum Gasteiger partial charge on any atom is 0.195 e. The fourth-order valence-electron chi connectivity index (χ4n) is 11.2. The minimum atomic E-state index is 0.201. The van der Waals surface area contributed by atoms with E-state index in [0.29, 0.717) is 0 Å². The van der Waals surface area contributed by atoms with E-state index in [1.165, 1.54) is 232 Å². The monoisotopic (exact) mass is 937 g/mol. The Bertz CT molecular complexity index is 1770. The molecule has 1 aliphatic carbocycles. The first-order valence-electron chi connectivity index (χ1n) is 28.7. The number of unbranched alkanes of at least 4 members (excludes halogenated alkanes) is 26. The summed E-state index contributed by atoms with van der Waals surface area (Å²) in [5.41, 5.74) is 8.20. The van der Waals surface area contributed by atoms with Gasteiger partial charge in [-0.05, 0) is 122 Å². The number of carbonyl (C=O) groups is 2. The standard InChI is InChI=1S/C62H96O2S2/c1-7-13-19-25-29-35-41-49-53-45-47(39-33-23-17-11-5)65-61(53)51(43-37-31-27-21-15-9-3)57-55(49)59(63)58-52(44-38-32-28-22-16-10-4)62-54(46-48(66-62)40-34-24-18-12-6)50(56(58)60(57)64)42-36-30-26-20-14-8-2/h45-46H,7-44H2,1-6H3. The fourth-order valence-corrected chi connectivity index (χ4v) is 13.8. The van der Waals surface area contributed by atoms with E-state index in [-0.39, 0.29) is 11.6 Å². The van der Waals surface area contributed by atoms with Crippen LogP contribution in [0.4, 0.5) is 0 Å². The van der Waals surface area contributed by atoms with Crippen LogP contribution in [-0.2, 0) is 38.5 Å². The summed E-state index contributed by atoms with van der Waals surface area (Å²) in [4.78, 5) is 35.5. The van der Waals surface area contributed by atoms with Gasteiger partial charge in [-0.2, -0.15) is 0 Å². The van der Waals surface area contributed by atoms with Crippen molar-refractivity contribution in [2.24, 2.45) is 0 Å². The summed E-state index contributed by atoms with van der Waals surface area (Å²) in [7, 11) is 0. The number of ketones is 2. The van der Waals surface area contributed by atoms with Crippen LogP contribution < -0.4 is 0 Å². The highest BCUT2D eigenvalue weighted by Gasteiger charge is 2.40. The van der Waals surface area contributed by atoms with Crippen LogP contribution in [0.2, 0.25) is 0 Å². The van der Waals surface area contributed by atoms with E-state index >= 15 is 9.59 Å². The molecule has 2 nitrogen and oxygen atoms in total. The SMILES string of the molecule is CCCCCCCCc1c2c(c(CCCCCCCC)c3sc(CCCCCC)cc13)C(=O)c1c(c(CCCCCCCC)c3sc(CCCCCC)cc3c1CCCCCCCC)C2=O. The van der Waals surface area contributed by atoms with E-state index in [4.69, 9.17) is 0 Å². The largest absolute Gasteiger partial charge is 0.289 e. The van der Waals surface area contributed by atoms with E-state index in [0.717, 1.165) is 86.5 Å². The first kappa shape index (κ1) is 54.6. The highest BCUT2D eigenvalue weighted by molar-refractivity contribution is 7.19. The molecule has 0 aliphatic heterocycles. The molecule has 0 atom stereocenters. The quantitative estimate of drug-likeness (QED) is 0.0370. The van der Waals surface area contributed by atoms with Crippen molar-refractivity contribution < 1.29 is 9.59 Å². The number of hydrogen-bond donors (Lipinski definition) is 0. The van der Waals surface area contributed by atoms with E-state index in [1.54, 1.807) is 0 Å². The Balaban J connectivity index is 1.74. The molecule has 2 heterocycles. The zero-order valence-corrected chi connectivity index (χ0v) is 45.3. The van der Waals surface area contributed by atoms with Gasteiger partial charge in [-0.1, -0.05) is 208 Å². The van der Waals surface area contributed by atoms with Crippen molar-refractivity contribution >= 4 is 54.4 Å². The average Bonchev–Trinajstić information content (AvgIpc) is 3.95. The number of benzene rings is 2. The molecule has 66 heavy (non-hydrogen) atoms. The molecule has 1 aliphatic rings. The Kier molecular flexibility index (Phi) is 25.7. The third-order valence-corrected chi connectivity index (χ3v) is 17.6. The van der Waals surface area contributed by atoms with Crippen molar-refractivity contribution in [1.29, 1.82) is 0 Å². The zero-order valence-electron chi connectivity index (χ0n) is 43.7. The van der Waals surface area contributed by atoms with Gasteiger partial charge in [-0.15, -0.1) is 22.7 Å². The fraction of sp³-hybridized carbons (Fsp3) is 0.710.